The van der Waals surface area contributed by atoms with Crippen LogP contribution in [0.3, 0.4) is 0 Å². The molecule has 2 aliphatic carbocycles. The molecule has 0 atom stereocenters. The van der Waals surface area contributed by atoms with Gasteiger partial charge in [0.15, 0.2) is 0 Å². The molecule has 1 aromatic rings. The van der Waals surface area contributed by atoms with Crippen molar-refractivity contribution in [2.75, 3.05) is 6.61 Å². The van der Waals surface area contributed by atoms with Gasteiger partial charge in [-0.2, -0.15) is 0 Å². The molecule has 0 spiro atoms. The van der Waals surface area contributed by atoms with Crippen molar-refractivity contribution in [3.8, 4) is 0 Å². The topological polar surface area (TPSA) is 9.23 Å². The maximum atomic E-state index is 5.51. The molecule has 1 nitrogen and oxygen atoms in total. The molecule has 0 N–H and O–H groups in total. The number of hydrogen-bond acceptors (Lipinski definition) is 1. The summed E-state index contributed by atoms with van der Waals surface area (Å²) in [5.41, 5.74) is 2.86. The van der Waals surface area contributed by atoms with Gasteiger partial charge in [0.2, 0.25) is 0 Å². The lowest BCUT2D eigenvalue weighted by Crippen LogP contribution is -2.25. The van der Waals surface area contributed by atoms with Crippen molar-refractivity contribution in [1.29, 1.82) is 0 Å². The molecule has 0 heterocycles. The van der Waals surface area contributed by atoms with Crippen molar-refractivity contribution in [3.05, 3.63) is 47.5 Å². The third-order valence-electron chi connectivity index (χ3n) is 6.82. The van der Waals surface area contributed by atoms with Crippen molar-refractivity contribution in [1.82, 2.24) is 0 Å². The average Bonchev–Trinajstić information content (AvgIpc) is 2.72. The second-order valence-electron chi connectivity index (χ2n) is 8.50. The highest BCUT2D eigenvalue weighted by atomic mass is 16.5. The highest BCUT2D eigenvalue weighted by Crippen LogP contribution is 2.44. The van der Waals surface area contributed by atoms with Crippen LogP contribution in [0.5, 0.6) is 0 Å². The first-order chi connectivity index (χ1) is 12.8. The fourth-order valence-electron chi connectivity index (χ4n) is 5.17. The Kier molecular flexibility index (Phi) is 7.80. The molecule has 0 unspecified atom stereocenters. The molecule has 0 bridgehead atoms. The van der Waals surface area contributed by atoms with Crippen molar-refractivity contribution in [2.24, 2.45) is 17.8 Å². The van der Waals surface area contributed by atoms with Gasteiger partial charge < -0.3 is 4.74 Å². The van der Waals surface area contributed by atoms with E-state index in [1.54, 1.807) is 5.56 Å². The molecule has 2 fully saturated rings. The van der Waals surface area contributed by atoms with E-state index in [9.17, 15) is 0 Å². The van der Waals surface area contributed by atoms with Gasteiger partial charge in [-0.25, -0.2) is 0 Å². The summed E-state index contributed by atoms with van der Waals surface area (Å²) >= 11 is 0. The fraction of sp³-hybridized carbons (Fsp3) is 0.680. The van der Waals surface area contributed by atoms with Crippen LogP contribution in [0.2, 0.25) is 0 Å². The summed E-state index contributed by atoms with van der Waals surface area (Å²) in [5, 5.41) is 0. The number of hydrogen-bond donors (Lipinski definition) is 0. The summed E-state index contributed by atoms with van der Waals surface area (Å²) in [7, 11) is 0. The first-order valence-corrected chi connectivity index (χ1v) is 11.1. The van der Waals surface area contributed by atoms with Crippen molar-refractivity contribution < 1.29 is 4.74 Å². The van der Waals surface area contributed by atoms with E-state index in [0.29, 0.717) is 0 Å². The summed E-state index contributed by atoms with van der Waals surface area (Å²) in [4.78, 5) is 0. The van der Waals surface area contributed by atoms with Gasteiger partial charge in [-0.1, -0.05) is 43.3 Å². The molecule has 0 amide bonds. The van der Waals surface area contributed by atoms with Crippen molar-refractivity contribution in [3.63, 3.8) is 0 Å². The summed E-state index contributed by atoms with van der Waals surface area (Å²) < 4.78 is 5.51. The molecule has 2 aliphatic rings. The van der Waals surface area contributed by atoms with Crippen LogP contribution in [0.4, 0.5) is 0 Å². The molecule has 0 saturated heterocycles. The zero-order valence-electron chi connectivity index (χ0n) is 17.0. The van der Waals surface area contributed by atoms with E-state index in [-0.39, 0.29) is 0 Å². The van der Waals surface area contributed by atoms with E-state index in [0.717, 1.165) is 36.9 Å². The molecular formula is C25H38O. The number of benzene rings is 1. The molecule has 0 aromatic heterocycles. The van der Waals surface area contributed by atoms with Gasteiger partial charge in [-0.3, -0.25) is 0 Å². The van der Waals surface area contributed by atoms with Crippen molar-refractivity contribution >= 4 is 0 Å². The van der Waals surface area contributed by atoms with Crippen molar-refractivity contribution in [2.45, 2.75) is 84.2 Å². The van der Waals surface area contributed by atoms with E-state index >= 15 is 0 Å². The molecule has 1 aromatic carbocycles. The summed E-state index contributed by atoms with van der Waals surface area (Å²) in [6.07, 6.45) is 17.5. The first kappa shape index (κ1) is 19.7. The molecule has 26 heavy (non-hydrogen) atoms. The van der Waals surface area contributed by atoms with Gasteiger partial charge in [-0.05, 0) is 99.5 Å². The highest BCUT2D eigenvalue weighted by Gasteiger charge is 2.30. The maximum Gasteiger partial charge on any atom is 0.0716 e. The first-order valence-electron chi connectivity index (χ1n) is 11.1. The minimum absolute atomic E-state index is 0.750. The predicted octanol–water partition coefficient (Wildman–Crippen LogP) is 7.27. The average molecular weight is 355 g/mol. The quantitative estimate of drug-likeness (QED) is 0.468. The van der Waals surface area contributed by atoms with Crippen LogP contribution in [0.25, 0.3) is 0 Å². The van der Waals surface area contributed by atoms with E-state index in [2.05, 4.69) is 50.3 Å². The van der Waals surface area contributed by atoms with Crippen LogP contribution in [-0.2, 0) is 11.3 Å². The third-order valence-corrected chi connectivity index (χ3v) is 6.82. The lowest BCUT2D eigenvalue weighted by molar-refractivity contribution is 0.134. The Hall–Kier alpha value is -1.08. The van der Waals surface area contributed by atoms with E-state index in [1.165, 1.54) is 63.4 Å². The zero-order valence-corrected chi connectivity index (χ0v) is 17.0. The Morgan fingerprint density at radius 1 is 0.846 bits per heavy atom. The second-order valence-corrected chi connectivity index (χ2v) is 8.50. The van der Waals surface area contributed by atoms with E-state index < -0.39 is 0 Å². The normalized spacial score (nSPS) is 29.9. The third kappa shape index (κ3) is 5.46. The van der Waals surface area contributed by atoms with Gasteiger partial charge in [0.25, 0.3) is 0 Å². The number of allylic oxidation sites excluding steroid dienone is 2. The Balaban J connectivity index is 1.43. The van der Waals surface area contributed by atoms with Gasteiger partial charge >= 0.3 is 0 Å². The van der Waals surface area contributed by atoms with Crippen LogP contribution in [0, 0.1) is 17.8 Å². The van der Waals surface area contributed by atoms with Crippen LogP contribution >= 0.6 is 0 Å². The lowest BCUT2D eigenvalue weighted by atomic mass is 9.68. The number of ether oxygens (including phenoxy) is 1. The lowest BCUT2D eigenvalue weighted by Gasteiger charge is -2.37. The monoisotopic (exact) mass is 354 g/mol. The molecule has 0 radical (unpaired) electrons. The molecule has 2 saturated carbocycles. The van der Waals surface area contributed by atoms with Gasteiger partial charge in [0, 0.05) is 6.61 Å². The molecule has 1 heteroatoms. The SMILES string of the molecule is CCC=CC1CCC(C2CCC(c3ccc(COCC)cc3)CC2)CC1. The largest absolute Gasteiger partial charge is 0.377 e. The van der Waals surface area contributed by atoms with Gasteiger partial charge in [-0.15, -0.1) is 0 Å². The minimum Gasteiger partial charge on any atom is -0.377 e. The smallest absolute Gasteiger partial charge is 0.0716 e. The maximum absolute atomic E-state index is 5.51. The Bertz CT molecular complexity index is 528. The summed E-state index contributed by atoms with van der Waals surface area (Å²) in [6.45, 7) is 5.84. The predicted molar refractivity (Wildman–Crippen MR) is 111 cm³/mol. The Morgan fingerprint density at radius 3 is 2.04 bits per heavy atom. The summed E-state index contributed by atoms with van der Waals surface area (Å²) in [6, 6.07) is 9.24. The fourth-order valence-corrected chi connectivity index (χ4v) is 5.17. The molecule has 3 rings (SSSR count). The van der Waals surface area contributed by atoms with Gasteiger partial charge in [0.1, 0.15) is 0 Å². The van der Waals surface area contributed by atoms with Crippen LogP contribution in [0.1, 0.15) is 88.7 Å². The van der Waals surface area contributed by atoms with E-state index in [1.807, 2.05) is 0 Å². The Labute approximate surface area is 161 Å². The van der Waals surface area contributed by atoms with Gasteiger partial charge in [0.05, 0.1) is 6.61 Å². The molecule has 0 aliphatic heterocycles. The molecule has 144 valence electrons. The zero-order chi connectivity index (χ0) is 18.2. The highest BCUT2D eigenvalue weighted by molar-refractivity contribution is 5.25. The Morgan fingerprint density at radius 2 is 1.46 bits per heavy atom. The second kappa shape index (κ2) is 10.3. The number of rotatable bonds is 7. The van der Waals surface area contributed by atoms with Crippen LogP contribution in [0.15, 0.2) is 36.4 Å². The van der Waals surface area contributed by atoms with E-state index in [4.69, 9.17) is 4.74 Å². The minimum atomic E-state index is 0.750. The summed E-state index contributed by atoms with van der Waals surface area (Å²) in [5.74, 6) is 3.67. The molecular weight excluding hydrogens is 316 g/mol. The van der Waals surface area contributed by atoms with Crippen LogP contribution in [-0.4, -0.2) is 6.61 Å². The van der Waals surface area contributed by atoms with Crippen LogP contribution < -0.4 is 0 Å². The standard InChI is InChI=1S/C25H38O/c1-3-5-6-20-7-11-22(12-8-20)24-15-17-25(18-16-24)23-13-9-21(10-14-23)19-26-4-2/h5-6,9-10,13-14,20,22,24-25H,3-4,7-8,11-12,15-19H2,1-2H3.